The van der Waals surface area contributed by atoms with Crippen molar-refractivity contribution in [2.24, 2.45) is 0 Å². The second-order valence-corrected chi connectivity index (χ2v) is 5.99. The van der Waals surface area contributed by atoms with E-state index in [1.54, 1.807) is 18.3 Å². The summed E-state index contributed by atoms with van der Waals surface area (Å²) in [5, 5.41) is 3.65. The highest BCUT2D eigenvalue weighted by Gasteiger charge is 2.08. The molecule has 0 aliphatic heterocycles. The van der Waals surface area contributed by atoms with Gasteiger partial charge < -0.3 is 9.88 Å². The number of imidazole rings is 1. The van der Waals surface area contributed by atoms with Gasteiger partial charge in [-0.3, -0.25) is 4.79 Å². The number of carbonyl (C=O) groups excluding carboxylic acids is 1. The molecule has 5 heteroatoms. The van der Waals surface area contributed by atoms with Crippen LogP contribution in [0.5, 0.6) is 0 Å². The molecule has 1 aromatic heterocycles. The fourth-order valence-corrected chi connectivity index (χ4v) is 2.70. The van der Waals surface area contributed by atoms with Gasteiger partial charge in [-0.25, -0.2) is 4.98 Å². The van der Waals surface area contributed by atoms with Crippen molar-refractivity contribution in [2.75, 3.05) is 0 Å². The summed E-state index contributed by atoms with van der Waals surface area (Å²) in [5.74, 6) is 0.893. The van der Waals surface area contributed by atoms with E-state index in [0.29, 0.717) is 18.0 Å². The van der Waals surface area contributed by atoms with Gasteiger partial charge in [-0.2, -0.15) is 0 Å². The summed E-state index contributed by atoms with van der Waals surface area (Å²) < 4.78 is 2.01. The molecular formula is C19H18ClN3O. The highest BCUT2D eigenvalue weighted by molar-refractivity contribution is 6.30. The molecule has 0 radical (unpaired) electrons. The van der Waals surface area contributed by atoms with E-state index in [-0.39, 0.29) is 5.91 Å². The number of rotatable bonds is 5. The van der Waals surface area contributed by atoms with Gasteiger partial charge in [0.1, 0.15) is 5.82 Å². The van der Waals surface area contributed by atoms with Crippen LogP contribution in [0.25, 0.3) is 5.69 Å². The van der Waals surface area contributed by atoms with Crippen molar-refractivity contribution in [2.45, 2.75) is 19.9 Å². The molecule has 4 nitrogen and oxygen atoms in total. The number of para-hydroxylation sites is 1. The highest BCUT2D eigenvalue weighted by atomic mass is 35.5. The molecule has 122 valence electrons. The molecule has 3 aromatic rings. The molecule has 0 saturated heterocycles. The Hall–Kier alpha value is -2.59. The van der Waals surface area contributed by atoms with Gasteiger partial charge in [0.2, 0.25) is 5.91 Å². The third kappa shape index (κ3) is 3.84. The van der Waals surface area contributed by atoms with Crippen LogP contribution in [0.4, 0.5) is 0 Å². The molecule has 0 fully saturated rings. The van der Waals surface area contributed by atoms with Crippen LogP contribution in [0.15, 0.2) is 60.9 Å². The predicted octanol–water partition coefficient (Wildman–Crippen LogP) is 3.69. The lowest BCUT2D eigenvalue weighted by Crippen LogP contribution is -2.25. The van der Waals surface area contributed by atoms with Gasteiger partial charge in [0.15, 0.2) is 0 Å². The molecule has 1 heterocycles. The summed E-state index contributed by atoms with van der Waals surface area (Å²) in [6.07, 6.45) is 4.03. The second kappa shape index (κ2) is 7.32. The monoisotopic (exact) mass is 339 g/mol. The number of aromatic nitrogens is 2. The van der Waals surface area contributed by atoms with Crippen molar-refractivity contribution >= 4 is 17.5 Å². The summed E-state index contributed by atoms with van der Waals surface area (Å²) in [6.45, 7) is 2.43. The number of carbonyl (C=O) groups is 1. The summed E-state index contributed by atoms with van der Waals surface area (Å²) in [4.78, 5) is 16.4. The van der Waals surface area contributed by atoms with Crippen LogP contribution in [0.1, 0.15) is 17.0 Å². The lowest BCUT2D eigenvalue weighted by Gasteiger charge is -2.12. The molecule has 1 N–H and O–H groups in total. The Balaban J connectivity index is 1.68. The van der Waals surface area contributed by atoms with Gasteiger partial charge in [-0.15, -0.1) is 0 Å². The fourth-order valence-electron chi connectivity index (χ4n) is 2.57. The minimum absolute atomic E-state index is 0.0190. The second-order valence-electron chi connectivity index (χ2n) is 5.55. The van der Waals surface area contributed by atoms with Crippen molar-refractivity contribution in [3.8, 4) is 5.69 Å². The Bertz CT molecular complexity index is 840. The number of hydrogen-bond acceptors (Lipinski definition) is 2. The maximum atomic E-state index is 12.2. The molecule has 0 bridgehead atoms. The Morgan fingerprint density at radius 2 is 1.92 bits per heavy atom. The number of benzene rings is 2. The smallest absolute Gasteiger partial charge is 0.224 e. The SMILES string of the molecule is Cc1nccn1-c1ccccc1CNC(=O)Cc1ccc(Cl)cc1. The first kappa shape index (κ1) is 16.3. The minimum atomic E-state index is -0.0190. The van der Waals surface area contributed by atoms with E-state index in [1.165, 1.54) is 0 Å². The van der Waals surface area contributed by atoms with Crippen molar-refractivity contribution in [1.29, 1.82) is 0 Å². The molecular weight excluding hydrogens is 322 g/mol. The largest absolute Gasteiger partial charge is 0.352 e. The van der Waals surface area contributed by atoms with E-state index in [0.717, 1.165) is 22.6 Å². The van der Waals surface area contributed by atoms with Crippen molar-refractivity contribution in [3.63, 3.8) is 0 Å². The Labute approximate surface area is 146 Å². The van der Waals surface area contributed by atoms with Gasteiger partial charge in [0.25, 0.3) is 0 Å². The predicted molar refractivity (Wildman–Crippen MR) is 95.3 cm³/mol. The number of amides is 1. The summed E-state index contributed by atoms with van der Waals surface area (Å²) in [6, 6.07) is 15.3. The quantitative estimate of drug-likeness (QED) is 0.770. The van der Waals surface area contributed by atoms with E-state index in [9.17, 15) is 4.79 Å². The van der Waals surface area contributed by atoms with Gasteiger partial charge in [-0.05, 0) is 36.2 Å². The molecule has 2 aromatic carbocycles. The van der Waals surface area contributed by atoms with E-state index in [1.807, 2.05) is 54.1 Å². The zero-order valence-electron chi connectivity index (χ0n) is 13.4. The number of halogens is 1. The van der Waals surface area contributed by atoms with E-state index >= 15 is 0 Å². The van der Waals surface area contributed by atoms with Crippen molar-refractivity contribution in [3.05, 3.63) is 82.9 Å². The minimum Gasteiger partial charge on any atom is -0.352 e. The van der Waals surface area contributed by atoms with Crippen LogP contribution in [-0.2, 0) is 17.8 Å². The molecule has 1 amide bonds. The first-order valence-electron chi connectivity index (χ1n) is 7.73. The molecule has 3 rings (SSSR count). The third-order valence-electron chi connectivity index (χ3n) is 3.83. The van der Waals surface area contributed by atoms with Gasteiger partial charge in [-0.1, -0.05) is 41.9 Å². The van der Waals surface area contributed by atoms with Gasteiger partial charge in [0.05, 0.1) is 12.1 Å². The Morgan fingerprint density at radius 1 is 1.17 bits per heavy atom. The molecule has 24 heavy (non-hydrogen) atoms. The Morgan fingerprint density at radius 3 is 2.62 bits per heavy atom. The van der Waals surface area contributed by atoms with Crippen molar-refractivity contribution in [1.82, 2.24) is 14.9 Å². The van der Waals surface area contributed by atoms with Crippen LogP contribution in [0.3, 0.4) is 0 Å². The first-order chi connectivity index (χ1) is 11.6. The normalized spacial score (nSPS) is 10.6. The van der Waals surface area contributed by atoms with Crippen molar-refractivity contribution < 1.29 is 4.79 Å². The summed E-state index contributed by atoms with van der Waals surface area (Å²) in [7, 11) is 0. The van der Waals surface area contributed by atoms with E-state index in [4.69, 9.17) is 11.6 Å². The van der Waals surface area contributed by atoms with Crippen LogP contribution in [0.2, 0.25) is 5.02 Å². The van der Waals surface area contributed by atoms with E-state index in [2.05, 4.69) is 10.3 Å². The van der Waals surface area contributed by atoms with Gasteiger partial charge in [0, 0.05) is 24.0 Å². The van der Waals surface area contributed by atoms with Gasteiger partial charge >= 0.3 is 0 Å². The lowest BCUT2D eigenvalue weighted by molar-refractivity contribution is -0.120. The summed E-state index contributed by atoms with van der Waals surface area (Å²) >= 11 is 5.86. The first-order valence-corrected chi connectivity index (χ1v) is 8.10. The van der Waals surface area contributed by atoms with Crippen LogP contribution in [0, 0.1) is 6.92 Å². The zero-order chi connectivity index (χ0) is 16.9. The van der Waals surface area contributed by atoms with E-state index < -0.39 is 0 Å². The Kier molecular flexibility index (Phi) is 4.96. The maximum Gasteiger partial charge on any atom is 0.224 e. The molecule has 0 aliphatic rings. The molecule has 0 aliphatic carbocycles. The molecule has 0 unspecified atom stereocenters. The average Bonchev–Trinajstić information content (AvgIpc) is 3.01. The fraction of sp³-hybridized carbons (Fsp3) is 0.158. The molecule has 0 saturated carbocycles. The van der Waals surface area contributed by atoms with Crippen LogP contribution >= 0.6 is 11.6 Å². The third-order valence-corrected chi connectivity index (χ3v) is 4.08. The van der Waals surface area contributed by atoms with Crippen LogP contribution in [-0.4, -0.2) is 15.5 Å². The highest BCUT2D eigenvalue weighted by Crippen LogP contribution is 2.16. The maximum absolute atomic E-state index is 12.2. The topological polar surface area (TPSA) is 46.9 Å². The lowest BCUT2D eigenvalue weighted by atomic mass is 10.1. The molecule has 0 atom stereocenters. The van der Waals surface area contributed by atoms with Crippen LogP contribution < -0.4 is 5.32 Å². The molecule has 0 spiro atoms. The standard InChI is InChI=1S/C19H18ClN3O/c1-14-21-10-11-23(14)18-5-3-2-4-16(18)13-22-19(24)12-15-6-8-17(20)9-7-15/h2-11H,12-13H2,1H3,(H,22,24). The average molecular weight is 340 g/mol. The summed E-state index contributed by atoms with van der Waals surface area (Å²) in [5.41, 5.74) is 3.01. The number of nitrogens with zero attached hydrogens (tertiary/aromatic N) is 2. The number of nitrogens with one attached hydrogen (secondary N) is 1. The number of aryl methyl sites for hydroxylation is 1. The zero-order valence-corrected chi connectivity index (χ0v) is 14.1. The number of hydrogen-bond donors (Lipinski definition) is 1.